The van der Waals surface area contributed by atoms with Crippen molar-refractivity contribution < 1.29 is 35.8 Å². The molecule has 7 rings (SSSR count). The Balaban J connectivity index is 0.00000253. The summed E-state index contributed by atoms with van der Waals surface area (Å²) in [5.74, 6) is -0.114. The van der Waals surface area contributed by atoms with Crippen LogP contribution in [0.25, 0.3) is 11.1 Å². The number of ether oxygens (including phenoxy) is 1. The Morgan fingerprint density at radius 2 is 1.54 bits per heavy atom. The minimum absolute atomic E-state index is 0. The molecule has 180 valence electrons. The number of nitrogens with one attached hydrogen (secondary N) is 1. The van der Waals surface area contributed by atoms with Gasteiger partial charge in [0.1, 0.15) is 25.1 Å². The number of benzene rings is 2. The van der Waals surface area contributed by atoms with Crippen molar-refractivity contribution in [2.75, 3.05) is 31.5 Å². The predicted molar refractivity (Wildman–Crippen MR) is 125 cm³/mol. The number of aromatic nitrogens is 3. The van der Waals surface area contributed by atoms with Gasteiger partial charge >= 0.3 is 5.97 Å². The number of piperidine rings is 3. The Kier molecular flexibility index (Phi) is 6.37. The van der Waals surface area contributed by atoms with Gasteiger partial charge in [0.25, 0.3) is 5.91 Å². The van der Waals surface area contributed by atoms with E-state index in [2.05, 4.69) is 32.4 Å². The second kappa shape index (κ2) is 9.47. The van der Waals surface area contributed by atoms with Crippen molar-refractivity contribution in [1.29, 1.82) is 0 Å². The molecule has 2 aromatic carbocycles. The molecule has 1 atom stereocenters. The number of amides is 1. The lowest BCUT2D eigenvalue weighted by atomic mass is 9.83. The van der Waals surface area contributed by atoms with Gasteiger partial charge in [-0.05, 0) is 22.3 Å². The monoisotopic (exact) mass is 535 g/mol. The molecule has 0 unspecified atom stereocenters. The van der Waals surface area contributed by atoms with Crippen LogP contribution in [0.1, 0.15) is 29.9 Å². The van der Waals surface area contributed by atoms with Crippen molar-refractivity contribution >= 4 is 17.8 Å². The molecule has 1 N–H and O–H groups in total. The van der Waals surface area contributed by atoms with E-state index in [0.717, 1.165) is 48.2 Å². The lowest BCUT2D eigenvalue weighted by Crippen LogP contribution is -3.00. The smallest absolute Gasteiger partial charge is 0.318 e. The molecule has 0 saturated carbocycles. The third-order valence-electron chi connectivity index (χ3n) is 7.60. The van der Waals surface area contributed by atoms with Crippen LogP contribution < -0.4 is 22.3 Å². The number of quaternary nitrogens is 1. The number of carbonyl (C=O) groups is 2. The third kappa shape index (κ3) is 4.34. The zero-order valence-electron chi connectivity index (χ0n) is 19.1. The third-order valence-corrected chi connectivity index (χ3v) is 7.60. The summed E-state index contributed by atoms with van der Waals surface area (Å²) in [6.07, 6.45) is 4.44. The SMILES string of the molecule is O=C(C[N+]12CCC(CC1)[C@@H](OC(=O)C1c3ccccc3-c3ccccc31)C2)Nc1ncncn1.[Br-]. The van der Waals surface area contributed by atoms with E-state index in [1.807, 2.05) is 36.4 Å². The van der Waals surface area contributed by atoms with Gasteiger partial charge in [-0.25, -0.2) is 15.0 Å². The van der Waals surface area contributed by atoms with E-state index in [-0.39, 0.29) is 40.9 Å². The Morgan fingerprint density at radius 3 is 2.17 bits per heavy atom. The van der Waals surface area contributed by atoms with Gasteiger partial charge in [-0.1, -0.05) is 48.5 Å². The maximum absolute atomic E-state index is 13.6. The average molecular weight is 536 g/mol. The molecule has 9 heteroatoms. The summed E-state index contributed by atoms with van der Waals surface area (Å²) in [4.78, 5) is 38.0. The molecule has 3 fully saturated rings. The van der Waals surface area contributed by atoms with Crippen LogP contribution in [0.4, 0.5) is 5.95 Å². The number of anilines is 1. The van der Waals surface area contributed by atoms with E-state index in [9.17, 15) is 9.59 Å². The van der Waals surface area contributed by atoms with E-state index in [4.69, 9.17) is 4.74 Å². The molecule has 3 aromatic rings. The molecule has 1 amide bonds. The highest BCUT2D eigenvalue weighted by molar-refractivity contribution is 5.93. The van der Waals surface area contributed by atoms with Gasteiger partial charge in [0.15, 0.2) is 12.6 Å². The second-order valence-corrected chi connectivity index (χ2v) is 9.56. The van der Waals surface area contributed by atoms with E-state index in [1.54, 1.807) is 0 Å². The molecule has 1 aromatic heterocycles. The molecule has 4 heterocycles. The first-order chi connectivity index (χ1) is 16.6. The number of fused-ring (bicyclic) bond motifs is 6. The highest BCUT2D eigenvalue weighted by Gasteiger charge is 2.49. The van der Waals surface area contributed by atoms with Gasteiger partial charge in [-0.2, -0.15) is 0 Å². The Bertz CT molecular complexity index is 1200. The highest BCUT2D eigenvalue weighted by Crippen LogP contribution is 2.46. The van der Waals surface area contributed by atoms with Crippen molar-refractivity contribution in [2.24, 2.45) is 5.92 Å². The second-order valence-electron chi connectivity index (χ2n) is 9.56. The quantitative estimate of drug-likeness (QED) is 0.358. The number of hydrogen-bond acceptors (Lipinski definition) is 6. The zero-order chi connectivity index (χ0) is 23.1. The summed E-state index contributed by atoms with van der Waals surface area (Å²) in [7, 11) is 0. The topological polar surface area (TPSA) is 94.1 Å². The fourth-order valence-electron chi connectivity index (χ4n) is 5.98. The number of halogens is 1. The van der Waals surface area contributed by atoms with Gasteiger partial charge in [0.05, 0.1) is 13.1 Å². The minimum Gasteiger partial charge on any atom is -1.00 e. The van der Waals surface area contributed by atoms with Crippen molar-refractivity contribution in [3.05, 3.63) is 72.3 Å². The lowest BCUT2D eigenvalue weighted by molar-refractivity contribution is -0.938. The fourth-order valence-corrected chi connectivity index (χ4v) is 5.98. The first-order valence-corrected chi connectivity index (χ1v) is 11.8. The molecule has 3 aliphatic heterocycles. The number of carbonyl (C=O) groups excluding carboxylic acids is 2. The fraction of sp³-hybridized carbons (Fsp3) is 0.346. The van der Waals surface area contributed by atoms with Crippen molar-refractivity contribution in [3.8, 4) is 11.1 Å². The minimum atomic E-state index is -0.400. The van der Waals surface area contributed by atoms with E-state index in [0.29, 0.717) is 23.5 Å². The van der Waals surface area contributed by atoms with Crippen LogP contribution in [0.5, 0.6) is 0 Å². The molecule has 1 aliphatic carbocycles. The molecule has 0 radical (unpaired) electrons. The lowest BCUT2D eigenvalue weighted by Gasteiger charge is -2.51. The van der Waals surface area contributed by atoms with Crippen LogP contribution in [0, 0.1) is 5.92 Å². The largest absolute Gasteiger partial charge is 1.00 e. The van der Waals surface area contributed by atoms with Gasteiger partial charge in [0, 0.05) is 18.8 Å². The Labute approximate surface area is 214 Å². The molecular formula is C26H26BrN5O3. The Hall–Kier alpha value is -3.17. The number of esters is 1. The average Bonchev–Trinajstić information content (AvgIpc) is 3.19. The molecule has 35 heavy (non-hydrogen) atoms. The van der Waals surface area contributed by atoms with Crippen LogP contribution in [0.15, 0.2) is 61.2 Å². The molecule has 3 saturated heterocycles. The first kappa shape index (κ1) is 23.6. The zero-order valence-corrected chi connectivity index (χ0v) is 20.7. The summed E-state index contributed by atoms with van der Waals surface area (Å²) >= 11 is 0. The molecule has 2 bridgehead atoms. The van der Waals surface area contributed by atoms with Crippen LogP contribution in [-0.2, 0) is 14.3 Å². The molecule has 4 aliphatic rings. The van der Waals surface area contributed by atoms with E-state index < -0.39 is 5.92 Å². The summed E-state index contributed by atoms with van der Waals surface area (Å²) in [5.41, 5.74) is 4.23. The van der Waals surface area contributed by atoms with Gasteiger partial charge < -0.3 is 26.2 Å². The highest BCUT2D eigenvalue weighted by atomic mass is 79.9. The summed E-state index contributed by atoms with van der Waals surface area (Å²) in [5, 5.41) is 2.76. The summed E-state index contributed by atoms with van der Waals surface area (Å²) in [6, 6.07) is 16.2. The number of nitrogens with zero attached hydrogens (tertiary/aromatic N) is 4. The van der Waals surface area contributed by atoms with Crippen molar-refractivity contribution in [1.82, 2.24) is 15.0 Å². The summed E-state index contributed by atoms with van der Waals surface area (Å²) < 4.78 is 6.86. The normalized spacial score (nSPS) is 24.1. The molecular weight excluding hydrogens is 510 g/mol. The van der Waals surface area contributed by atoms with Crippen molar-refractivity contribution in [3.63, 3.8) is 0 Å². The van der Waals surface area contributed by atoms with Gasteiger partial charge in [-0.15, -0.1) is 0 Å². The number of hydrogen-bond donors (Lipinski definition) is 1. The van der Waals surface area contributed by atoms with E-state index in [1.165, 1.54) is 12.7 Å². The summed E-state index contributed by atoms with van der Waals surface area (Å²) in [6.45, 7) is 2.81. The van der Waals surface area contributed by atoms with Crippen molar-refractivity contribution in [2.45, 2.75) is 24.9 Å². The standard InChI is InChI=1S/C26H25N5O3.BrH/c32-23(30-26-28-15-27-16-29-26)14-31-11-9-17(10-12-31)22(13-31)34-25(33)24-20-7-3-1-5-18(20)19-6-2-4-8-21(19)24;/h1-8,15-17,22,24H,9-14H2;1H/t17?,22-,31?;/m0./s1. The maximum atomic E-state index is 13.6. The molecule has 0 spiro atoms. The first-order valence-electron chi connectivity index (χ1n) is 11.8. The van der Waals surface area contributed by atoms with Crippen LogP contribution in [0.2, 0.25) is 0 Å². The van der Waals surface area contributed by atoms with E-state index >= 15 is 0 Å². The van der Waals surface area contributed by atoms with Crippen LogP contribution in [0.3, 0.4) is 0 Å². The maximum Gasteiger partial charge on any atom is 0.318 e. The van der Waals surface area contributed by atoms with Gasteiger partial charge in [0.2, 0.25) is 5.95 Å². The predicted octanol–water partition coefficient (Wildman–Crippen LogP) is -0.221. The van der Waals surface area contributed by atoms with Crippen LogP contribution in [-0.4, -0.2) is 63.6 Å². The number of rotatable bonds is 5. The van der Waals surface area contributed by atoms with Gasteiger partial charge in [-0.3, -0.25) is 14.9 Å². The van der Waals surface area contributed by atoms with Crippen LogP contribution >= 0.6 is 0 Å². The Morgan fingerprint density at radius 1 is 0.943 bits per heavy atom. The molecule has 8 nitrogen and oxygen atoms in total.